The number of benzene rings is 2. The molecule has 2 rings (SSSR count). The van der Waals surface area contributed by atoms with Crippen molar-refractivity contribution in [2.75, 3.05) is 24.3 Å². The van der Waals surface area contributed by atoms with Crippen molar-refractivity contribution in [1.82, 2.24) is 0 Å². The number of anilines is 2. The molecule has 0 saturated carbocycles. The van der Waals surface area contributed by atoms with Crippen LogP contribution in [-0.4, -0.2) is 20.0 Å². The fourth-order valence-corrected chi connectivity index (χ4v) is 2.91. The topological polar surface area (TPSA) is 32.3 Å². The van der Waals surface area contributed by atoms with Gasteiger partial charge in [-0.3, -0.25) is 4.79 Å². The van der Waals surface area contributed by atoms with Crippen molar-refractivity contribution in [3.05, 3.63) is 59.2 Å². The van der Waals surface area contributed by atoms with Gasteiger partial charge in [0.2, 0.25) is 0 Å². The molecule has 0 heterocycles. The Bertz CT molecular complexity index is 718. The van der Waals surface area contributed by atoms with Crippen molar-refractivity contribution in [3.8, 4) is 0 Å². The van der Waals surface area contributed by atoms with E-state index in [1.807, 2.05) is 44.4 Å². The third kappa shape index (κ3) is 3.97. The van der Waals surface area contributed by atoms with E-state index in [0.29, 0.717) is 11.8 Å². The average Bonchev–Trinajstić information content (AvgIpc) is 2.54. The van der Waals surface area contributed by atoms with Gasteiger partial charge in [0, 0.05) is 31.0 Å². The highest BCUT2D eigenvalue weighted by molar-refractivity contribution is 6.05. The molecule has 0 spiro atoms. The quantitative estimate of drug-likeness (QED) is 0.814. The maximum Gasteiger partial charge on any atom is 0.255 e. The lowest BCUT2D eigenvalue weighted by Crippen LogP contribution is -2.16. The number of carbonyl (C=O) groups excluding carboxylic acids is 1. The third-order valence-electron chi connectivity index (χ3n) is 4.22. The van der Waals surface area contributed by atoms with E-state index in [4.69, 9.17) is 0 Å². The van der Waals surface area contributed by atoms with E-state index in [1.54, 1.807) is 0 Å². The molecule has 128 valence electrons. The van der Waals surface area contributed by atoms with E-state index in [9.17, 15) is 4.79 Å². The van der Waals surface area contributed by atoms with Crippen LogP contribution in [-0.2, 0) is 0 Å². The van der Waals surface area contributed by atoms with Gasteiger partial charge in [0.15, 0.2) is 0 Å². The van der Waals surface area contributed by atoms with Crippen molar-refractivity contribution < 1.29 is 4.79 Å². The molecule has 2 aromatic carbocycles. The zero-order chi connectivity index (χ0) is 17.9. The highest BCUT2D eigenvalue weighted by atomic mass is 16.1. The molecule has 0 bridgehead atoms. The lowest BCUT2D eigenvalue weighted by Gasteiger charge is -2.21. The van der Waals surface area contributed by atoms with Gasteiger partial charge >= 0.3 is 0 Å². The first-order chi connectivity index (χ1) is 11.3. The predicted octanol–water partition coefficient (Wildman–Crippen LogP) is 5.25. The molecule has 0 atom stereocenters. The van der Waals surface area contributed by atoms with Gasteiger partial charge < -0.3 is 10.2 Å². The predicted molar refractivity (Wildman–Crippen MR) is 103 cm³/mol. The molecule has 1 amide bonds. The molecule has 0 aromatic heterocycles. The summed E-state index contributed by atoms with van der Waals surface area (Å²) in [5.41, 5.74) is 5.08. The summed E-state index contributed by atoms with van der Waals surface area (Å²) >= 11 is 0. The Hall–Kier alpha value is -2.29. The zero-order valence-corrected chi connectivity index (χ0v) is 15.6. The van der Waals surface area contributed by atoms with E-state index >= 15 is 0 Å². The molecule has 0 aliphatic heterocycles. The van der Waals surface area contributed by atoms with E-state index in [0.717, 1.165) is 16.8 Å². The Morgan fingerprint density at radius 1 is 0.917 bits per heavy atom. The second-order valence-corrected chi connectivity index (χ2v) is 7.02. The molecular formula is C21H28N2O. The standard InChI is InChI=1S/C21H28N2O/c1-14(2)17-9-7-8-10-18(17)21(24)22-16-11-12-20(23(5)6)19(13-16)15(3)4/h7-15H,1-6H3,(H,22,24). The van der Waals surface area contributed by atoms with Gasteiger partial charge in [0.1, 0.15) is 0 Å². The molecular weight excluding hydrogens is 296 g/mol. The van der Waals surface area contributed by atoms with Crippen LogP contribution in [0.3, 0.4) is 0 Å². The Morgan fingerprint density at radius 3 is 2.12 bits per heavy atom. The van der Waals surface area contributed by atoms with E-state index < -0.39 is 0 Å². The molecule has 0 unspecified atom stereocenters. The summed E-state index contributed by atoms with van der Waals surface area (Å²) in [6.07, 6.45) is 0. The number of hydrogen-bond acceptors (Lipinski definition) is 2. The SMILES string of the molecule is CC(C)c1ccccc1C(=O)Nc1ccc(N(C)C)c(C(C)C)c1. The Balaban J connectivity index is 2.32. The Labute approximate surface area is 145 Å². The summed E-state index contributed by atoms with van der Waals surface area (Å²) in [7, 11) is 4.08. The van der Waals surface area contributed by atoms with Crippen LogP contribution in [0.25, 0.3) is 0 Å². The van der Waals surface area contributed by atoms with Crippen molar-refractivity contribution in [2.24, 2.45) is 0 Å². The molecule has 1 N–H and O–H groups in total. The van der Waals surface area contributed by atoms with Crippen molar-refractivity contribution in [3.63, 3.8) is 0 Å². The number of nitrogens with one attached hydrogen (secondary N) is 1. The fraction of sp³-hybridized carbons (Fsp3) is 0.381. The number of rotatable bonds is 5. The Kier molecular flexibility index (Phi) is 5.66. The fourth-order valence-electron chi connectivity index (χ4n) is 2.91. The molecule has 0 fully saturated rings. The monoisotopic (exact) mass is 324 g/mol. The highest BCUT2D eigenvalue weighted by Gasteiger charge is 2.15. The summed E-state index contributed by atoms with van der Waals surface area (Å²) in [5.74, 6) is 0.656. The summed E-state index contributed by atoms with van der Waals surface area (Å²) in [4.78, 5) is 14.8. The van der Waals surface area contributed by atoms with E-state index in [-0.39, 0.29) is 5.91 Å². The normalized spacial score (nSPS) is 11.0. The van der Waals surface area contributed by atoms with Crippen LogP contribution in [0, 0.1) is 0 Å². The van der Waals surface area contributed by atoms with Gasteiger partial charge in [-0.05, 0) is 47.2 Å². The van der Waals surface area contributed by atoms with Gasteiger partial charge in [0.05, 0.1) is 0 Å². The number of carbonyl (C=O) groups is 1. The second kappa shape index (κ2) is 7.52. The largest absolute Gasteiger partial charge is 0.377 e. The molecule has 3 heteroatoms. The van der Waals surface area contributed by atoms with Crippen LogP contribution < -0.4 is 10.2 Å². The minimum atomic E-state index is -0.0494. The van der Waals surface area contributed by atoms with Gasteiger partial charge in [0.25, 0.3) is 5.91 Å². The Morgan fingerprint density at radius 2 is 1.54 bits per heavy atom. The van der Waals surface area contributed by atoms with Gasteiger partial charge in [-0.15, -0.1) is 0 Å². The summed E-state index contributed by atoms with van der Waals surface area (Å²) in [5, 5.41) is 3.06. The molecule has 0 aliphatic carbocycles. The number of hydrogen-bond donors (Lipinski definition) is 1. The van der Waals surface area contributed by atoms with Crippen LogP contribution in [0.2, 0.25) is 0 Å². The lowest BCUT2D eigenvalue weighted by atomic mass is 9.96. The van der Waals surface area contributed by atoms with Crippen molar-refractivity contribution in [2.45, 2.75) is 39.5 Å². The zero-order valence-electron chi connectivity index (χ0n) is 15.6. The van der Waals surface area contributed by atoms with Gasteiger partial charge in [-0.25, -0.2) is 0 Å². The minimum Gasteiger partial charge on any atom is -0.377 e. The first kappa shape index (κ1) is 18.1. The highest BCUT2D eigenvalue weighted by Crippen LogP contribution is 2.29. The van der Waals surface area contributed by atoms with Crippen LogP contribution in [0.1, 0.15) is 61.0 Å². The van der Waals surface area contributed by atoms with Crippen molar-refractivity contribution >= 4 is 17.3 Å². The number of amides is 1. The van der Waals surface area contributed by atoms with Gasteiger partial charge in [-0.1, -0.05) is 45.9 Å². The lowest BCUT2D eigenvalue weighted by molar-refractivity contribution is 0.102. The van der Waals surface area contributed by atoms with Crippen LogP contribution >= 0.6 is 0 Å². The molecule has 3 nitrogen and oxygen atoms in total. The van der Waals surface area contributed by atoms with Gasteiger partial charge in [-0.2, -0.15) is 0 Å². The molecule has 2 aromatic rings. The van der Waals surface area contributed by atoms with Crippen LogP contribution in [0.5, 0.6) is 0 Å². The third-order valence-corrected chi connectivity index (χ3v) is 4.22. The summed E-state index contributed by atoms with van der Waals surface area (Å²) < 4.78 is 0. The average molecular weight is 324 g/mol. The van der Waals surface area contributed by atoms with E-state index in [1.165, 1.54) is 11.3 Å². The van der Waals surface area contributed by atoms with Crippen LogP contribution in [0.4, 0.5) is 11.4 Å². The maximum absolute atomic E-state index is 12.7. The molecule has 0 aliphatic rings. The van der Waals surface area contributed by atoms with Crippen molar-refractivity contribution in [1.29, 1.82) is 0 Å². The second-order valence-electron chi connectivity index (χ2n) is 7.02. The maximum atomic E-state index is 12.7. The smallest absolute Gasteiger partial charge is 0.255 e. The van der Waals surface area contributed by atoms with Crippen LogP contribution in [0.15, 0.2) is 42.5 Å². The number of nitrogens with zero attached hydrogens (tertiary/aromatic N) is 1. The first-order valence-corrected chi connectivity index (χ1v) is 8.52. The summed E-state index contributed by atoms with van der Waals surface area (Å²) in [6, 6.07) is 13.9. The first-order valence-electron chi connectivity index (χ1n) is 8.52. The molecule has 0 radical (unpaired) electrons. The summed E-state index contributed by atoms with van der Waals surface area (Å²) in [6.45, 7) is 8.55. The molecule has 0 saturated heterocycles. The van der Waals surface area contributed by atoms with E-state index in [2.05, 4.69) is 50.0 Å². The molecule has 24 heavy (non-hydrogen) atoms. The minimum absolute atomic E-state index is 0.0494.